The zero-order chi connectivity index (χ0) is 19.8. The molecule has 2 aromatic heterocycles. The number of aromatic nitrogens is 2. The number of benzene rings is 3. The monoisotopic (exact) mass is 398 g/mol. The molecule has 0 radical (unpaired) electrons. The van der Waals surface area contributed by atoms with Crippen LogP contribution in [0.4, 0.5) is 0 Å². The highest BCUT2D eigenvalue weighted by Gasteiger charge is 2.24. The molecule has 0 fully saturated rings. The third-order valence-corrected chi connectivity index (χ3v) is 5.02. The number of hydrogen-bond donors (Lipinski definition) is 0. The van der Waals surface area contributed by atoms with Gasteiger partial charge in [0.25, 0.3) is 0 Å². The van der Waals surface area contributed by atoms with E-state index >= 15 is 0 Å². The normalized spacial score (nSPS) is 11.1. The molecule has 0 aliphatic heterocycles. The summed E-state index contributed by atoms with van der Waals surface area (Å²) in [4.78, 5) is 13.2. The van der Waals surface area contributed by atoms with Gasteiger partial charge in [0.2, 0.25) is 5.78 Å². The molecule has 29 heavy (non-hydrogen) atoms. The molecule has 5 heteroatoms. The largest absolute Gasteiger partial charge is 0.452 e. The van der Waals surface area contributed by atoms with Crippen LogP contribution in [0.15, 0.2) is 95.7 Å². The van der Waals surface area contributed by atoms with Crippen LogP contribution in [0.3, 0.4) is 0 Å². The fraction of sp³-hybridized carbons (Fsp3) is 0. The van der Waals surface area contributed by atoms with Crippen molar-refractivity contribution in [2.24, 2.45) is 0 Å². The van der Waals surface area contributed by atoms with E-state index in [2.05, 4.69) is 5.10 Å². The first-order valence-corrected chi connectivity index (χ1v) is 9.51. The van der Waals surface area contributed by atoms with E-state index in [4.69, 9.17) is 16.0 Å². The second-order valence-electron chi connectivity index (χ2n) is 6.65. The molecule has 140 valence electrons. The van der Waals surface area contributed by atoms with Crippen molar-refractivity contribution in [3.05, 3.63) is 108 Å². The Balaban J connectivity index is 1.71. The van der Waals surface area contributed by atoms with E-state index in [-0.39, 0.29) is 11.5 Å². The Bertz CT molecular complexity index is 1320. The second kappa shape index (κ2) is 7.08. The number of carbonyl (C=O) groups is 1. The van der Waals surface area contributed by atoms with Crippen LogP contribution in [0.5, 0.6) is 0 Å². The molecule has 2 heterocycles. The Kier molecular flexibility index (Phi) is 4.26. The van der Waals surface area contributed by atoms with Gasteiger partial charge in [-0.2, -0.15) is 5.10 Å². The van der Waals surface area contributed by atoms with E-state index < -0.39 is 0 Å². The minimum absolute atomic E-state index is 0.180. The van der Waals surface area contributed by atoms with E-state index in [1.165, 1.54) is 0 Å². The lowest BCUT2D eigenvalue weighted by atomic mass is 10.00. The fourth-order valence-electron chi connectivity index (χ4n) is 3.41. The Hall–Kier alpha value is -3.63. The molecule has 0 bridgehead atoms. The van der Waals surface area contributed by atoms with Gasteiger partial charge >= 0.3 is 0 Å². The maximum absolute atomic E-state index is 13.2. The van der Waals surface area contributed by atoms with Crippen LogP contribution in [-0.4, -0.2) is 15.6 Å². The Morgan fingerprint density at radius 3 is 2.41 bits per heavy atom. The van der Waals surface area contributed by atoms with Crippen molar-refractivity contribution in [3.8, 4) is 16.8 Å². The topological polar surface area (TPSA) is 48.0 Å². The van der Waals surface area contributed by atoms with Gasteiger partial charge in [-0.25, -0.2) is 4.68 Å². The van der Waals surface area contributed by atoms with Crippen molar-refractivity contribution in [2.75, 3.05) is 0 Å². The number of halogens is 1. The highest BCUT2D eigenvalue weighted by molar-refractivity contribution is 6.31. The summed E-state index contributed by atoms with van der Waals surface area (Å²) in [5.74, 6) is 0.0986. The smallest absolute Gasteiger partial charge is 0.228 e. The van der Waals surface area contributed by atoms with Gasteiger partial charge in [-0.3, -0.25) is 4.79 Å². The molecule has 3 aromatic carbocycles. The first-order valence-electron chi connectivity index (χ1n) is 9.13. The van der Waals surface area contributed by atoms with Crippen molar-refractivity contribution >= 4 is 28.4 Å². The van der Waals surface area contributed by atoms with Gasteiger partial charge in [0, 0.05) is 33.3 Å². The van der Waals surface area contributed by atoms with E-state index in [1.807, 2.05) is 60.8 Å². The van der Waals surface area contributed by atoms with Gasteiger partial charge < -0.3 is 4.42 Å². The predicted octanol–water partition coefficient (Wildman–Crippen LogP) is 6.17. The third kappa shape index (κ3) is 3.13. The van der Waals surface area contributed by atoms with Gasteiger partial charge in [-0.05, 0) is 30.3 Å². The summed E-state index contributed by atoms with van der Waals surface area (Å²) in [5.41, 5.74) is 3.58. The average molecular weight is 399 g/mol. The summed E-state index contributed by atoms with van der Waals surface area (Å²) in [7, 11) is 0. The Labute approximate surface area is 172 Å². The number of fused-ring (bicyclic) bond motifs is 1. The maximum atomic E-state index is 13.2. The summed E-state index contributed by atoms with van der Waals surface area (Å²) in [6, 6.07) is 24.2. The molecule has 0 unspecified atom stereocenters. The number of carbonyl (C=O) groups excluding carboxylic acids is 1. The maximum Gasteiger partial charge on any atom is 0.228 e. The number of furan rings is 1. The molecule has 0 aliphatic carbocycles. The number of ketones is 1. The molecule has 4 nitrogen and oxygen atoms in total. The molecule has 5 aromatic rings. The number of hydrogen-bond acceptors (Lipinski definition) is 3. The molecule has 0 saturated carbocycles. The summed E-state index contributed by atoms with van der Waals surface area (Å²) < 4.78 is 7.77. The summed E-state index contributed by atoms with van der Waals surface area (Å²) >= 11 is 6.24. The first kappa shape index (κ1) is 17.5. The fourth-order valence-corrected chi connectivity index (χ4v) is 3.58. The van der Waals surface area contributed by atoms with Crippen LogP contribution in [0.2, 0.25) is 5.02 Å². The zero-order valence-corrected chi connectivity index (χ0v) is 16.0. The van der Waals surface area contributed by atoms with E-state index in [0.29, 0.717) is 21.7 Å². The summed E-state index contributed by atoms with van der Waals surface area (Å²) in [5, 5.41) is 5.83. The van der Waals surface area contributed by atoms with Crippen LogP contribution in [0.1, 0.15) is 16.1 Å². The van der Waals surface area contributed by atoms with Crippen molar-refractivity contribution in [1.82, 2.24) is 9.78 Å². The average Bonchev–Trinajstić information content (AvgIpc) is 3.39. The molecule has 0 amide bonds. The summed E-state index contributed by atoms with van der Waals surface area (Å²) in [6.45, 7) is 0. The quantitative estimate of drug-likeness (QED) is 0.340. The highest BCUT2D eigenvalue weighted by atomic mass is 35.5. The Morgan fingerprint density at radius 2 is 1.66 bits per heavy atom. The third-order valence-electron chi connectivity index (χ3n) is 4.78. The molecule has 0 N–H and O–H groups in total. The number of rotatable bonds is 4. The number of nitrogens with zero attached hydrogens (tertiary/aromatic N) is 2. The molecular weight excluding hydrogens is 384 g/mol. The lowest BCUT2D eigenvalue weighted by molar-refractivity contribution is 0.101. The highest BCUT2D eigenvalue weighted by Crippen LogP contribution is 2.37. The van der Waals surface area contributed by atoms with Crippen LogP contribution >= 0.6 is 11.6 Å². The van der Waals surface area contributed by atoms with E-state index in [0.717, 1.165) is 16.6 Å². The van der Waals surface area contributed by atoms with E-state index in [9.17, 15) is 4.79 Å². The Morgan fingerprint density at radius 1 is 0.931 bits per heavy atom. The van der Waals surface area contributed by atoms with Gasteiger partial charge in [-0.15, -0.1) is 0 Å². The SMILES string of the molecule is O=C(c1ccccc1)c1oc2ccc(Cl)cc2c1-c1cnn(-c2ccccc2)c1. The van der Waals surface area contributed by atoms with Crippen LogP contribution in [0.25, 0.3) is 27.8 Å². The summed E-state index contributed by atoms with van der Waals surface area (Å²) in [6.07, 6.45) is 3.63. The van der Waals surface area contributed by atoms with Crippen LogP contribution in [0, 0.1) is 0 Å². The lowest BCUT2D eigenvalue weighted by Crippen LogP contribution is -2.01. The standard InChI is InChI=1S/C24H15ClN2O2/c25-18-11-12-21-20(13-18)22(24(29-21)23(28)16-7-3-1-4-8-16)17-14-26-27(15-17)19-9-5-2-6-10-19/h1-15H. The number of para-hydroxylation sites is 1. The van der Waals surface area contributed by atoms with Crippen LogP contribution < -0.4 is 0 Å². The van der Waals surface area contributed by atoms with Gasteiger partial charge in [0.05, 0.1) is 11.9 Å². The van der Waals surface area contributed by atoms with Crippen molar-refractivity contribution in [3.63, 3.8) is 0 Å². The molecule has 0 spiro atoms. The molecule has 0 saturated heterocycles. The van der Waals surface area contributed by atoms with Gasteiger partial charge in [0.15, 0.2) is 5.76 Å². The van der Waals surface area contributed by atoms with Crippen LogP contribution in [-0.2, 0) is 0 Å². The van der Waals surface area contributed by atoms with Gasteiger partial charge in [0.1, 0.15) is 5.58 Å². The first-order chi connectivity index (χ1) is 14.2. The zero-order valence-electron chi connectivity index (χ0n) is 15.2. The van der Waals surface area contributed by atoms with E-state index in [1.54, 1.807) is 35.1 Å². The minimum Gasteiger partial charge on any atom is -0.452 e. The lowest BCUT2D eigenvalue weighted by Gasteiger charge is -2.02. The minimum atomic E-state index is -0.180. The predicted molar refractivity (Wildman–Crippen MR) is 114 cm³/mol. The van der Waals surface area contributed by atoms with Crippen molar-refractivity contribution in [1.29, 1.82) is 0 Å². The second-order valence-corrected chi connectivity index (χ2v) is 7.09. The molecule has 0 atom stereocenters. The molecule has 5 rings (SSSR count). The van der Waals surface area contributed by atoms with Crippen molar-refractivity contribution in [2.45, 2.75) is 0 Å². The molecule has 0 aliphatic rings. The van der Waals surface area contributed by atoms with Crippen molar-refractivity contribution < 1.29 is 9.21 Å². The van der Waals surface area contributed by atoms with Gasteiger partial charge in [-0.1, -0.05) is 60.1 Å². The molecular formula is C24H15ClN2O2.